The van der Waals surface area contributed by atoms with Gasteiger partial charge in [-0.1, -0.05) is 6.58 Å². The molecule has 0 aliphatic rings. The lowest BCUT2D eigenvalue weighted by molar-refractivity contribution is 0.0346. The maximum absolute atomic E-state index is 5.80. The molecule has 0 atom stereocenters. The fourth-order valence-corrected chi connectivity index (χ4v) is 2.60. The van der Waals surface area contributed by atoms with Crippen molar-refractivity contribution in [3.63, 3.8) is 0 Å². The van der Waals surface area contributed by atoms with Gasteiger partial charge in [0, 0.05) is 0 Å². The van der Waals surface area contributed by atoms with Gasteiger partial charge in [0.25, 0.3) is 0 Å². The standard InChI is InChI=1S/C9H22O2Si2/c1-8-9(10-12(2,3)4)11-13(5,6)7/h8-9H,1H2,2-7H3. The van der Waals surface area contributed by atoms with E-state index in [9.17, 15) is 0 Å². The van der Waals surface area contributed by atoms with E-state index in [-0.39, 0.29) is 6.29 Å². The van der Waals surface area contributed by atoms with E-state index in [0.29, 0.717) is 0 Å². The van der Waals surface area contributed by atoms with Gasteiger partial charge in [-0.15, -0.1) is 0 Å². The van der Waals surface area contributed by atoms with Gasteiger partial charge in [0.2, 0.25) is 0 Å². The van der Waals surface area contributed by atoms with E-state index in [1.54, 1.807) is 6.08 Å². The average Bonchev–Trinajstić information content (AvgIpc) is 1.79. The van der Waals surface area contributed by atoms with Gasteiger partial charge in [0.1, 0.15) is 0 Å². The van der Waals surface area contributed by atoms with E-state index in [1.807, 2.05) is 0 Å². The second-order valence-electron chi connectivity index (χ2n) is 5.06. The Morgan fingerprint density at radius 2 is 1.23 bits per heavy atom. The fraction of sp³-hybridized carbons (Fsp3) is 0.778. The van der Waals surface area contributed by atoms with Crippen LogP contribution in [0.15, 0.2) is 12.7 Å². The zero-order valence-corrected chi connectivity index (χ0v) is 11.7. The minimum Gasteiger partial charge on any atom is -0.391 e. The van der Waals surface area contributed by atoms with Crippen molar-refractivity contribution in [2.45, 2.75) is 45.6 Å². The van der Waals surface area contributed by atoms with Crippen molar-refractivity contribution < 1.29 is 8.85 Å². The lowest BCUT2D eigenvalue weighted by Crippen LogP contribution is -2.38. The Morgan fingerprint density at radius 1 is 0.923 bits per heavy atom. The van der Waals surface area contributed by atoms with Crippen LogP contribution < -0.4 is 0 Å². The average molecular weight is 218 g/mol. The van der Waals surface area contributed by atoms with Crippen LogP contribution in [0.5, 0.6) is 0 Å². The summed E-state index contributed by atoms with van der Waals surface area (Å²) >= 11 is 0. The minimum atomic E-state index is -1.52. The maximum Gasteiger partial charge on any atom is 0.187 e. The summed E-state index contributed by atoms with van der Waals surface area (Å²) in [6.45, 7) is 16.6. The predicted molar refractivity (Wildman–Crippen MR) is 62.8 cm³/mol. The lowest BCUT2D eigenvalue weighted by Gasteiger charge is -2.29. The second kappa shape index (κ2) is 4.55. The predicted octanol–water partition coefficient (Wildman–Crippen LogP) is 3.20. The Labute approximate surface area is 84.2 Å². The van der Waals surface area contributed by atoms with E-state index in [2.05, 4.69) is 45.9 Å². The molecule has 0 aliphatic heterocycles. The molecule has 0 aromatic rings. The van der Waals surface area contributed by atoms with Crippen LogP contribution in [0.2, 0.25) is 39.3 Å². The highest BCUT2D eigenvalue weighted by molar-refractivity contribution is 6.70. The molecule has 0 bridgehead atoms. The van der Waals surface area contributed by atoms with Crippen LogP contribution >= 0.6 is 0 Å². The van der Waals surface area contributed by atoms with Gasteiger partial charge in [-0.3, -0.25) is 0 Å². The summed E-state index contributed by atoms with van der Waals surface area (Å²) in [6, 6.07) is 0. The van der Waals surface area contributed by atoms with E-state index in [4.69, 9.17) is 8.85 Å². The van der Waals surface area contributed by atoms with Gasteiger partial charge in [-0.2, -0.15) is 0 Å². The molecular weight excluding hydrogens is 196 g/mol. The first-order valence-corrected chi connectivity index (χ1v) is 11.4. The van der Waals surface area contributed by atoms with Crippen molar-refractivity contribution in [1.82, 2.24) is 0 Å². The third kappa shape index (κ3) is 8.42. The van der Waals surface area contributed by atoms with Gasteiger partial charge >= 0.3 is 0 Å². The molecule has 0 saturated carbocycles. The van der Waals surface area contributed by atoms with E-state index >= 15 is 0 Å². The first-order chi connectivity index (χ1) is 5.64. The summed E-state index contributed by atoms with van der Waals surface area (Å²) in [5.74, 6) is 0. The molecule has 0 aromatic carbocycles. The Morgan fingerprint density at radius 3 is 1.38 bits per heavy atom. The van der Waals surface area contributed by atoms with Crippen LogP contribution in [0.1, 0.15) is 0 Å². The van der Waals surface area contributed by atoms with Crippen molar-refractivity contribution in [3.8, 4) is 0 Å². The van der Waals surface area contributed by atoms with E-state index < -0.39 is 16.6 Å². The highest BCUT2D eigenvalue weighted by Gasteiger charge is 2.24. The summed E-state index contributed by atoms with van der Waals surface area (Å²) in [5.41, 5.74) is 0. The largest absolute Gasteiger partial charge is 0.391 e. The molecule has 0 aliphatic carbocycles. The topological polar surface area (TPSA) is 18.5 Å². The molecule has 0 rings (SSSR count). The normalized spacial score (nSPS) is 13.5. The maximum atomic E-state index is 5.80. The van der Waals surface area contributed by atoms with Crippen LogP contribution in [0.25, 0.3) is 0 Å². The molecule has 0 heterocycles. The zero-order valence-electron chi connectivity index (χ0n) is 9.68. The smallest absolute Gasteiger partial charge is 0.187 e. The van der Waals surface area contributed by atoms with Crippen LogP contribution in [0.4, 0.5) is 0 Å². The van der Waals surface area contributed by atoms with E-state index in [0.717, 1.165) is 0 Å². The van der Waals surface area contributed by atoms with Crippen molar-refractivity contribution in [2.24, 2.45) is 0 Å². The Hall–Kier alpha value is 0.0938. The SMILES string of the molecule is C=CC(O[Si](C)(C)C)O[Si](C)(C)C. The Kier molecular flexibility index (Phi) is 4.58. The third-order valence-corrected chi connectivity index (χ3v) is 3.01. The number of hydrogen-bond acceptors (Lipinski definition) is 2. The highest BCUT2D eigenvalue weighted by atomic mass is 28.4. The molecular formula is C9H22O2Si2. The van der Waals surface area contributed by atoms with Gasteiger partial charge in [0.05, 0.1) is 0 Å². The third-order valence-electron chi connectivity index (χ3n) is 1.13. The zero-order chi connectivity index (χ0) is 10.7. The molecule has 0 saturated heterocycles. The summed E-state index contributed by atoms with van der Waals surface area (Å²) in [6.07, 6.45) is 1.54. The number of rotatable bonds is 5. The summed E-state index contributed by atoms with van der Waals surface area (Å²) in [4.78, 5) is 0. The van der Waals surface area contributed by atoms with E-state index in [1.165, 1.54) is 0 Å². The molecule has 0 fully saturated rings. The molecule has 0 spiro atoms. The Bertz CT molecular complexity index is 151. The van der Waals surface area contributed by atoms with Gasteiger partial charge in [0.15, 0.2) is 22.9 Å². The van der Waals surface area contributed by atoms with Crippen molar-refractivity contribution >= 4 is 16.6 Å². The number of hydrogen-bond donors (Lipinski definition) is 0. The first kappa shape index (κ1) is 13.1. The monoisotopic (exact) mass is 218 g/mol. The van der Waals surface area contributed by atoms with Crippen molar-refractivity contribution in [3.05, 3.63) is 12.7 Å². The quantitative estimate of drug-likeness (QED) is 0.401. The van der Waals surface area contributed by atoms with Crippen LogP contribution in [-0.4, -0.2) is 22.9 Å². The molecule has 0 unspecified atom stereocenters. The van der Waals surface area contributed by atoms with Gasteiger partial charge in [-0.05, 0) is 45.4 Å². The molecule has 0 amide bonds. The molecule has 4 heteroatoms. The summed E-state index contributed by atoms with van der Waals surface area (Å²) in [7, 11) is -3.03. The molecule has 0 radical (unpaired) electrons. The molecule has 13 heavy (non-hydrogen) atoms. The first-order valence-electron chi connectivity index (χ1n) is 4.62. The summed E-state index contributed by atoms with van der Waals surface area (Å²) < 4.78 is 11.6. The lowest BCUT2D eigenvalue weighted by atomic mass is 10.6. The molecule has 0 aromatic heterocycles. The van der Waals surface area contributed by atoms with Gasteiger partial charge < -0.3 is 8.85 Å². The minimum absolute atomic E-state index is 0.210. The van der Waals surface area contributed by atoms with Crippen LogP contribution in [0.3, 0.4) is 0 Å². The molecule has 78 valence electrons. The van der Waals surface area contributed by atoms with Crippen LogP contribution in [-0.2, 0) is 8.85 Å². The molecule has 0 N–H and O–H groups in total. The van der Waals surface area contributed by atoms with Crippen molar-refractivity contribution in [2.75, 3.05) is 0 Å². The Balaban J connectivity index is 4.13. The summed E-state index contributed by atoms with van der Waals surface area (Å²) in [5, 5.41) is 0. The highest BCUT2D eigenvalue weighted by Crippen LogP contribution is 2.14. The second-order valence-corrected chi connectivity index (χ2v) is 14.0. The van der Waals surface area contributed by atoms with Crippen LogP contribution in [0, 0.1) is 0 Å². The van der Waals surface area contributed by atoms with Crippen molar-refractivity contribution in [1.29, 1.82) is 0 Å². The van der Waals surface area contributed by atoms with Gasteiger partial charge in [-0.25, -0.2) is 0 Å². The molecule has 2 nitrogen and oxygen atoms in total. The fourth-order valence-electron chi connectivity index (χ4n) is 0.817.